The molecule has 0 saturated carbocycles. The molecule has 6 heteroatoms. The molecule has 3 heterocycles. The van der Waals surface area contributed by atoms with Gasteiger partial charge >= 0.3 is 0 Å². The average molecular weight is 295 g/mol. The lowest BCUT2D eigenvalue weighted by atomic mass is 10.1. The van der Waals surface area contributed by atoms with Crippen LogP contribution in [0.1, 0.15) is 22.3 Å². The minimum atomic E-state index is 0.250. The van der Waals surface area contributed by atoms with E-state index in [-0.39, 0.29) is 6.04 Å². The number of nitrogens with two attached hydrogens (primary N) is 1. The molecule has 0 spiro atoms. The number of ether oxygens (including phenoxy) is 1. The topological polar surface area (TPSA) is 51.4 Å². The Labute approximate surface area is 120 Å². The minimum absolute atomic E-state index is 0.250. The molecular formula is C13H17N3OS2. The van der Waals surface area contributed by atoms with Gasteiger partial charge in [-0.25, -0.2) is 4.98 Å². The largest absolute Gasteiger partial charge is 0.379 e. The van der Waals surface area contributed by atoms with E-state index in [0.717, 1.165) is 37.0 Å². The lowest BCUT2D eigenvalue weighted by molar-refractivity contribution is 0.0240. The Morgan fingerprint density at radius 1 is 1.37 bits per heavy atom. The second-order valence-electron chi connectivity index (χ2n) is 4.49. The van der Waals surface area contributed by atoms with Crippen LogP contribution in [0.25, 0.3) is 0 Å². The summed E-state index contributed by atoms with van der Waals surface area (Å²) in [6.07, 6.45) is 0. The van der Waals surface area contributed by atoms with Crippen LogP contribution in [0.2, 0.25) is 0 Å². The normalized spacial score (nSPS) is 18.6. The quantitative estimate of drug-likeness (QED) is 0.938. The van der Waals surface area contributed by atoms with E-state index >= 15 is 0 Å². The Hall–Kier alpha value is -0.790. The molecule has 0 radical (unpaired) electrons. The van der Waals surface area contributed by atoms with E-state index in [1.165, 1.54) is 5.56 Å². The first-order valence-corrected chi connectivity index (χ1v) is 8.19. The average Bonchev–Trinajstić information content (AvgIpc) is 3.12. The van der Waals surface area contributed by atoms with Gasteiger partial charge in [0.2, 0.25) is 0 Å². The molecule has 2 N–H and O–H groups in total. The first-order chi connectivity index (χ1) is 9.38. The highest BCUT2D eigenvalue weighted by Gasteiger charge is 2.26. The molecule has 1 aliphatic rings. The van der Waals surface area contributed by atoms with Gasteiger partial charge in [0.25, 0.3) is 0 Å². The van der Waals surface area contributed by atoms with Crippen molar-refractivity contribution in [2.75, 3.05) is 26.3 Å². The molecule has 0 aromatic carbocycles. The molecule has 102 valence electrons. The molecule has 19 heavy (non-hydrogen) atoms. The Balaban J connectivity index is 1.91. The van der Waals surface area contributed by atoms with E-state index in [9.17, 15) is 0 Å². The Kier molecular flexibility index (Phi) is 4.24. The van der Waals surface area contributed by atoms with E-state index in [4.69, 9.17) is 10.5 Å². The zero-order valence-corrected chi connectivity index (χ0v) is 12.3. The van der Waals surface area contributed by atoms with Gasteiger partial charge in [0, 0.05) is 25.0 Å². The van der Waals surface area contributed by atoms with E-state index in [1.54, 1.807) is 22.7 Å². The number of thiophene rings is 1. The van der Waals surface area contributed by atoms with Crippen molar-refractivity contribution in [3.63, 3.8) is 0 Å². The highest BCUT2D eigenvalue weighted by molar-refractivity contribution is 7.10. The van der Waals surface area contributed by atoms with Crippen LogP contribution < -0.4 is 5.73 Å². The van der Waals surface area contributed by atoms with E-state index < -0.39 is 0 Å². The monoisotopic (exact) mass is 295 g/mol. The smallest absolute Gasteiger partial charge is 0.115 e. The van der Waals surface area contributed by atoms with Gasteiger partial charge in [-0.15, -0.1) is 11.3 Å². The number of hydrogen-bond acceptors (Lipinski definition) is 6. The van der Waals surface area contributed by atoms with Gasteiger partial charge in [-0.05, 0) is 22.4 Å². The van der Waals surface area contributed by atoms with E-state index in [0.29, 0.717) is 6.54 Å². The first kappa shape index (κ1) is 13.2. The number of nitrogens with zero attached hydrogens (tertiary/aromatic N) is 2. The summed E-state index contributed by atoms with van der Waals surface area (Å²) in [5, 5.41) is 7.54. The van der Waals surface area contributed by atoms with Gasteiger partial charge < -0.3 is 10.5 Å². The third-order valence-electron chi connectivity index (χ3n) is 3.28. The molecule has 1 saturated heterocycles. The maximum atomic E-state index is 5.67. The fourth-order valence-electron chi connectivity index (χ4n) is 2.32. The molecule has 3 rings (SSSR count). The van der Waals surface area contributed by atoms with Crippen LogP contribution in [0.4, 0.5) is 0 Å². The van der Waals surface area contributed by atoms with Crippen LogP contribution in [-0.4, -0.2) is 36.2 Å². The highest BCUT2D eigenvalue weighted by atomic mass is 32.1. The lowest BCUT2D eigenvalue weighted by Gasteiger charge is -2.33. The second-order valence-corrected chi connectivity index (χ2v) is 6.16. The zero-order chi connectivity index (χ0) is 13.1. The van der Waals surface area contributed by atoms with Crippen LogP contribution in [-0.2, 0) is 11.3 Å². The molecule has 1 unspecified atom stereocenters. The fraction of sp³-hybridized carbons (Fsp3) is 0.462. The number of rotatable bonds is 4. The van der Waals surface area contributed by atoms with Gasteiger partial charge in [-0.2, -0.15) is 11.3 Å². The van der Waals surface area contributed by atoms with Crippen molar-refractivity contribution < 1.29 is 4.74 Å². The van der Waals surface area contributed by atoms with Crippen LogP contribution in [0.5, 0.6) is 0 Å². The van der Waals surface area contributed by atoms with Gasteiger partial charge in [0.1, 0.15) is 5.01 Å². The molecule has 1 aliphatic heterocycles. The Bertz CT molecular complexity index is 506. The molecule has 0 amide bonds. The van der Waals surface area contributed by atoms with Gasteiger partial charge in [0.05, 0.1) is 24.9 Å². The number of thiazole rings is 1. The first-order valence-electron chi connectivity index (χ1n) is 6.36. The second kappa shape index (κ2) is 6.11. The van der Waals surface area contributed by atoms with Crippen LogP contribution in [0, 0.1) is 0 Å². The SMILES string of the molecule is NCc1csc(C(c2ccsc2)N2CCOCC2)n1. The summed E-state index contributed by atoms with van der Waals surface area (Å²) in [6.45, 7) is 4.03. The summed E-state index contributed by atoms with van der Waals surface area (Å²) < 4.78 is 5.45. The molecule has 4 nitrogen and oxygen atoms in total. The highest BCUT2D eigenvalue weighted by Crippen LogP contribution is 2.32. The summed E-state index contributed by atoms with van der Waals surface area (Å²) in [5.41, 5.74) is 7.98. The fourth-order valence-corrected chi connectivity index (χ4v) is 3.99. The predicted molar refractivity (Wildman–Crippen MR) is 78.6 cm³/mol. The molecule has 1 atom stereocenters. The number of morpholine rings is 1. The summed E-state index contributed by atoms with van der Waals surface area (Å²) in [4.78, 5) is 7.12. The third-order valence-corrected chi connectivity index (χ3v) is 4.93. The summed E-state index contributed by atoms with van der Waals surface area (Å²) in [6, 6.07) is 2.44. The van der Waals surface area contributed by atoms with Gasteiger partial charge in [-0.1, -0.05) is 0 Å². The van der Waals surface area contributed by atoms with E-state index in [2.05, 4.69) is 32.1 Å². The van der Waals surface area contributed by atoms with Crippen LogP contribution >= 0.6 is 22.7 Å². The van der Waals surface area contributed by atoms with Gasteiger partial charge in [0.15, 0.2) is 0 Å². The third kappa shape index (κ3) is 2.88. The maximum absolute atomic E-state index is 5.67. The maximum Gasteiger partial charge on any atom is 0.115 e. The zero-order valence-electron chi connectivity index (χ0n) is 10.6. The molecule has 0 aliphatic carbocycles. The molecule has 2 aromatic rings. The van der Waals surface area contributed by atoms with Crippen molar-refractivity contribution in [2.45, 2.75) is 12.6 Å². The van der Waals surface area contributed by atoms with Crippen molar-refractivity contribution in [3.05, 3.63) is 38.5 Å². The molecule has 2 aromatic heterocycles. The molecule has 0 bridgehead atoms. The molecular weight excluding hydrogens is 278 g/mol. The number of aromatic nitrogens is 1. The summed E-state index contributed by atoms with van der Waals surface area (Å²) in [5.74, 6) is 0. The summed E-state index contributed by atoms with van der Waals surface area (Å²) >= 11 is 3.44. The lowest BCUT2D eigenvalue weighted by Crippen LogP contribution is -2.39. The summed E-state index contributed by atoms with van der Waals surface area (Å²) in [7, 11) is 0. The van der Waals surface area contributed by atoms with Crippen molar-refractivity contribution in [1.82, 2.24) is 9.88 Å². The Morgan fingerprint density at radius 3 is 2.84 bits per heavy atom. The van der Waals surface area contributed by atoms with Crippen molar-refractivity contribution >= 4 is 22.7 Å². The number of hydrogen-bond donors (Lipinski definition) is 1. The Morgan fingerprint density at radius 2 is 2.21 bits per heavy atom. The van der Waals surface area contributed by atoms with Crippen molar-refractivity contribution in [3.8, 4) is 0 Å². The van der Waals surface area contributed by atoms with Gasteiger partial charge in [-0.3, -0.25) is 4.90 Å². The van der Waals surface area contributed by atoms with Crippen molar-refractivity contribution in [1.29, 1.82) is 0 Å². The van der Waals surface area contributed by atoms with Crippen LogP contribution in [0.15, 0.2) is 22.2 Å². The minimum Gasteiger partial charge on any atom is -0.379 e. The molecule has 1 fully saturated rings. The van der Waals surface area contributed by atoms with Crippen molar-refractivity contribution in [2.24, 2.45) is 5.73 Å². The van der Waals surface area contributed by atoms with E-state index in [1.807, 2.05) is 0 Å². The van der Waals surface area contributed by atoms with Crippen LogP contribution in [0.3, 0.4) is 0 Å². The standard InChI is InChI=1S/C13H17N3OS2/c14-7-11-9-19-13(15-11)12(10-1-6-18-8-10)16-2-4-17-5-3-16/h1,6,8-9,12H,2-5,7,14H2. The predicted octanol–water partition coefficient (Wildman–Crippen LogP) is 2.08.